The number of rotatable bonds is 2. The van der Waals surface area contributed by atoms with Gasteiger partial charge >= 0.3 is 5.97 Å². The molecule has 1 aliphatic carbocycles. The molecule has 17 heavy (non-hydrogen) atoms. The van der Waals surface area contributed by atoms with E-state index in [9.17, 15) is 4.79 Å². The number of hydrogen-bond acceptors (Lipinski definition) is 3. The summed E-state index contributed by atoms with van der Waals surface area (Å²) in [6.45, 7) is 6.57. The quantitative estimate of drug-likeness (QED) is 0.797. The van der Waals surface area contributed by atoms with Gasteiger partial charge in [0.25, 0.3) is 0 Å². The van der Waals surface area contributed by atoms with Gasteiger partial charge in [0.05, 0.1) is 6.61 Å². The lowest BCUT2D eigenvalue weighted by Crippen LogP contribution is -2.54. The van der Waals surface area contributed by atoms with Crippen molar-refractivity contribution in [2.24, 2.45) is 11.8 Å². The van der Waals surface area contributed by atoms with Crippen molar-refractivity contribution >= 4 is 5.97 Å². The number of carbonyl (C=O) groups is 1. The van der Waals surface area contributed by atoms with E-state index in [1.54, 1.807) is 0 Å². The normalized spacial score (nSPS) is 40.1. The minimum absolute atomic E-state index is 0.537. The van der Waals surface area contributed by atoms with Crippen molar-refractivity contribution in [1.29, 1.82) is 0 Å². The smallest absolute Gasteiger partial charge is 0.334 e. The van der Waals surface area contributed by atoms with E-state index in [1.165, 1.54) is 19.3 Å². The summed E-state index contributed by atoms with van der Waals surface area (Å²) in [7, 11) is 0. The van der Waals surface area contributed by atoms with E-state index < -0.39 is 12.1 Å². The standard InChI is InChI=1S/C13H23NO3/c1-9-4-3-5-10(2)12(9)14-6-7-17-11(8-14)13(15)16/h9-12H,3-8H2,1-2H3,(H,15,16). The Morgan fingerprint density at radius 2 is 1.94 bits per heavy atom. The molecule has 2 aliphatic rings. The molecule has 3 unspecified atom stereocenters. The summed E-state index contributed by atoms with van der Waals surface area (Å²) in [6, 6.07) is 0.537. The second kappa shape index (κ2) is 5.36. The number of aliphatic carboxylic acids is 1. The second-order valence-electron chi connectivity index (χ2n) is 5.57. The summed E-state index contributed by atoms with van der Waals surface area (Å²) in [4.78, 5) is 13.3. The predicted molar refractivity (Wildman–Crippen MR) is 64.9 cm³/mol. The molecule has 0 aromatic heterocycles. The first-order chi connectivity index (χ1) is 8.09. The van der Waals surface area contributed by atoms with Crippen LogP contribution in [0.4, 0.5) is 0 Å². The molecule has 0 amide bonds. The molecule has 1 heterocycles. The molecular weight excluding hydrogens is 218 g/mol. The van der Waals surface area contributed by atoms with Crippen LogP contribution in [-0.2, 0) is 9.53 Å². The highest BCUT2D eigenvalue weighted by Gasteiger charge is 2.36. The van der Waals surface area contributed by atoms with E-state index >= 15 is 0 Å². The van der Waals surface area contributed by atoms with Crippen LogP contribution in [0, 0.1) is 11.8 Å². The van der Waals surface area contributed by atoms with Crippen LogP contribution in [0.5, 0.6) is 0 Å². The van der Waals surface area contributed by atoms with Crippen LogP contribution < -0.4 is 0 Å². The van der Waals surface area contributed by atoms with Gasteiger partial charge in [0.1, 0.15) is 0 Å². The molecular formula is C13H23NO3. The van der Waals surface area contributed by atoms with Crippen LogP contribution >= 0.6 is 0 Å². The molecule has 0 aromatic rings. The molecule has 0 bridgehead atoms. The minimum Gasteiger partial charge on any atom is -0.479 e. The third kappa shape index (κ3) is 2.80. The number of carboxylic acids is 1. The number of nitrogens with zero attached hydrogens (tertiary/aromatic N) is 1. The molecule has 1 aliphatic heterocycles. The maximum absolute atomic E-state index is 11.0. The molecule has 1 N–H and O–H groups in total. The van der Waals surface area contributed by atoms with Crippen molar-refractivity contribution in [2.45, 2.75) is 45.3 Å². The van der Waals surface area contributed by atoms with E-state index in [4.69, 9.17) is 9.84 Å². The average molecular weight is 241 g/mol. The first-order valence-corrected chi connectivity index (χ1v) is 6.68. The Morgan fingerprint density at radius 1 is 1.29 bits per heavy atom. The van der Waals surface area contributed by atoms with Gasteiger partial charge in [0.2, 0.25) is 0 Å². The van der Waals surface area contributed by atoms with Gasteiger partial charge in [0, 0.05) is 19.1 Å². The summed E-state index contributed by atoms with van der Waals surface area (Å²) in [5.74, 6) is 0.517. The van der Waals surface area contributed by atoms with E-state index in [-0.39, 0.29) is 0 Å². The molecule has 1 saturated heterocycles. The zero-order valence-electron chi connectivity index (χ0n) is 10.8. The molecule has 2 fully saturated rings. The average Bonchev–Trinajstić information content (AvgIpc) is 2.29. The van der Waals surface area contributed by atoms with Crippen LogP contribution in [0.1, 0.15) is 33.1 Å². The van der Waals surface area contributed by atoms with Gasteiger partial charge in [0.15, 0.2) is 6.10 Å². The van der Waals surface area contributed by atoms with Gasteiger partial charge in [-0.05, 0) is 24.7 Å². The van der Waals surface area contributed by atoms with Crippen molar-refractivity contribution in [1.82, 2.24) is 4.90 Å². The van der Waals surface area contributed by atoms with E-state index in [2.05, 4.69) is 18.7 Å². The largest absolute Gasteiger partial charge is 0.479 e. The minimum atomic E-state index is -0.828. The predicted octanol–water partition coefficient (Wildman–Crippen LogP) is 1.60. The third-order valence-electron chi connectivity index (χ3n) is 4.28. The molecule has 4 heteroatoms. The van der Waals surface area contributed by atoms with Crippen molar-refractivity contribution in [3.05, 3.63) is 0 Å². The third-order valence-corrected chi connectivity index (χ3v) is 4.28. The first kappa shape index (κ1) is 12.8. The lowest BCUT2D eigenvalue weighted by molar-refractivity contribution is -0.158. The maximum atomic E-state index is 11.0. The Bertz CT molecular complexity index is 272. The molecule has 4 nitrogen and oxygen atoms in total. The lowest BCUT2D eigenvalue weighted by atomic mass is 9.77. The van der Waals surface area contributed by atoms with E-state index in [0.717, 1.165) is 6.54 Å². The maximum Gasteiger partial charge on any atom is 0.334 e. The topological polar surface area (TPSA) is 49.8 Å². The summed E-state index contributed by atoms with van der Waals surface area (Å²) in [6.07, 6.45) is 3.21. The molecule has 1 saturated carbocycles. The Labute approximate surface area is 103 Å². The molecule has 0 radical (unpaired) electrons. The SMILES string of the molecule is CC1CCCC(C)C1N1CCOC(C(=O)O)C1. The number of morpholine rings is 1. The van der Waals surface area contributed by atoms with Crippen LogP contribution in [-0.4, -0.2) is 47.8 Å². The summed E-state index contributed by atoms with van der Waals surface area (Å²) < 4.78 is 5.29. The Hall–Kier alpha value is -0.610. The molecule has 0 aromatic carbocycles. The highest BCUT2D eigenvalue weighted by atomic mass is 16.5. The molecule has 98 valence electrons. The van der Waals surface area contributed by atoms with Crippen molar-refractivity contribution in [2.75, 3.05) is 19.7 Å². The van der Waals surface area contributed by atoms with Gasteiger partial charge < -0.3 is 9.84 Å². The van der Waals surface area contributed by atoms with Crippen LogP contribution in [0.15, 0.2) is 0 Å². The Balaban J connectivity index is 2.02. The van der Waals surface area contributed by atoms with Crippen LogP contribution in [0.3, 0.4) is 0 Å². The van der Waals surface area contributed by atoms with Gasteiger partial charge in [-0.1, -0.05) is 20.3 Å². The van der Waals surface area contributed by atoms with Gasteiger partial charge in [-0.25, -0.2) is 4.79 Å². The summed E-state index contributed by atoms with van der Waals surface area (Å²) in [5.41, 5.74) is 0. The van der Waals surface area contributed by atoms with Gasteiger partial charge in [-0.15, -0.1) is 0 Å². The van der Waals surface area contributed by atoms with Gasteiger partial charge in [-0.3, -0.25) is 4.90 Å². The highest BCUT2D eigenvalue weighted by Crippen LogP contribution is 2.33. The number of carboxylic acid groups (broad SMARTS) is 1. The fourth-order valence-electron chi connectivity index (χ4n) is 3.47. The first-order valence-electron chi connectivity index (χ1n) is 6.68. The fraction of sp³-hybridized carbons (Fsp3) is 0.923. The van der Waals surface area contributed by atoms with E-state index in [0.29, 0.717) is 31.0 Å². The number of hydrogen-bond donors (Lipinski definition) is 1. The second-order valence-corrected chi connectivity index (χ2v) is 5.57. The van der Waals surface area contributed by atoms with Crippen LogP contribution in [0.25, 0.3) is 0 Å². The fourth-order valence-corrected chi connectivity index (χ4v) is 3.47. The zero-order chi connectivity index (χ0) is 12.4. The van der Waals surface area contributed by atoms with E-state index in [1.807, 2.05) is 0 Å². The van der Waals surface area contributed by atoms with Crippen LogP contribution in [0.2, 0.25) is 0 Å². The Kier molecular flexibility index (Phi) is 4.05. The number of ether oxygens (including phenoxy) is 1. The summed E-state index contributed by atoms with van der Waals surface area (Å²) >= 11 is 0. The zero-order valence-corrected chi connectivity index (χ0v) is 10.8. The lowest BCUT2D eigenvalue weighted by Gasteiger charge is -2.45. The summed E-state index contributed by atoms with van der Waals surface area (Å²) in [5, 5.41) is 9.03. The molecule has 3 atom stereocenters. The monoisotopic (exact) mass is 241 g/mol. The molecule has 2 rings (SSSR count). The van der Waals surface area contributed by atoms with Crippen molar-refractivity contribution in [3.63, 3.8) is 0 Å². The van der Waals surface area contributed by atoms with Gasteiger partial charge in [-0.2, -0.15) is 0 Å². The highest BCUT2D eigenvalue weighted by molar-refractivity contribution is 5.72. The Morgan fingerprint density at radius 3 is 2.53 bits per heavy atom. The van der Waals surface area contributed by atoms with Crippen molar-refractivity contribution < 1.29 is 14.6 Å². The molecule has 0 spiro atoms. The van der Waals surface area contributed by atoms with Crippen molar-refractivity contribution in [3.8, 4) is 0 Å².